The Bertz CT molecular complexity index is 2090. The van der Waals surface area contributed by atoms with E-state index in [1.54, 1.807) is 0 Å². The fraction of sp³-hybridized carbons (Fsp3) is 0.368. The van der Waals surface area contributed by atoms with Crippen LogP contribution in [0.15, 0.2) is 41.5 Å². The molecule has 3 aromatic heterocycles. The van der Waals surface area contributed by atoms with Gasteiger partial charge in [0.25, 0.3) is 0 Å². The van der Waals surface area contributed by atoms with Crippen LogP contribution in [0, 0.1) is 13.8 Å². The third-order valence-corrected chi connectivity index (χ3v) is 10.2. The van der Waals surface area contributed by atoms with Crippen LogP contribution in [-0.2, 0) is 37.3 Å². The van der Waals surface area contributed by atoms with Crippen molar-refractivity contribution in [3.63, 3.8) is 0 Å². The fourth-order valence-corrected chi connectivity index (χ4v) is 7.58. The number of carbonyl (C=O) groups is 2. The first-order valence-corrected chi connectivity index (χ1v) is 16.1. The molecule has 0 saturated heterocycles. The predicted octanol–water partition coefficient (Wildman–Crippen LogP) is 7.78. The minimum atomic E-state index is -1.06. The smallest absolute Gasteiger partial charge is 0.335 e. The average Bonchev–Trinajstić information content (AvgIpc) is 3.70. The number of fused-ring (bicyclic) bond motifs is 11. The molecule has 0 aromatic carbocycles. The molecule has 5 heterocycles. The van der Waals surface area contributed by atoms with Gasteiger partial charge in [-0.2, -0.15) is 0 Å². The maximum atomic E-state index is 13.6. The quantitative estimate of drug-likeness (QED) is 0.283. The molecule has 2 aliphatic heterocycles. The van der Waals surface area contributed by atoms with Gasteiger partial charge in [-0.3, -0.25) is 4.98 Å². The highest BCUT2D eigenvalue weighted by Crippen LogP contribution is 2.51. The number of aromatic amines is 2. The minimum absolute atomic E-state index is 0.232. The van der Waals surface area contributed by atoms with Crippen molar-refractivity contribution in [2.75, 3.05) is 14.2 Å². The van der Waals surface area contributed by atoms with Crippen LogP contribution in [0.25, 0.3) is 38.8 Å². The van der Waals surface area contributed by atoms with Crippen molar-refractivity contribution < 1.29 is 19.1 Å². The first-order chi connectivity index (χ1) is 22.0. The number of ether oxygens (including phenoxy) is 2. The normalized spacial score (nSPS) is 17.6. The molecule has 8 heteroatoms. The lowest BCUT2D eigenvalue weighted by Gasteiger charge is -2.32. The van der Waals surface area contributed by atoms with Crippen molar-refractivity contribution in [2.45, 2.75) is 79.6 Å². The predicted molar refractivity (Wildman–Crippen MR) is 183 cm³/mol. The van der Waals surface area contributed by atoms with E-state index in [1.807, 2.05) is 19.1 Å². The van der Waals surface area contributed by atoms with E-state index in [4.69, 9.17) is 19.4 Å². The Morgan fingerprint density at radius 2 is 1.33 bits per heavy atom. The molecule has 0 amide bonds. The summed E-state index contributed by atoms with van der Waals surface area (Å²) in [6.45, 7) is 14.8. The van der Waals surface area contributed by atoms with E-state index in [2.05, 4.69) is 69.7 Å². The van der Waals surface area contributed by atoms with Gasteiger partial charge in [-0.05, 0) is 117 Å². The van der Waals surface area contributed by atoms with Crippen molar-refractivity contribution in [2.24, 2.45) is 0 Å². The van der Waals surface area contributed by atoms with Gasteiger partial charge >= 0.3 is 11.9 Å². The average molecular weight is 619 g/mol. The number of esters is 2. The van der Waals surface area contributed by atoms with Gasteiger partial charge in [-0.25, -0.2) is 14.6 Å². The summed E-state index contributed by atoms with van der Waals surface area (Å²) in [5, 5.41) is 0. The summed E-state index contributed by atoms with van der Waals surface area (Å²) < 4.78 is 10.5. The topological polar surface area (TPSA) is 110 Å². The lowest BCUT2D eigenvalue weighted by molar-refractivity contribution is -0.139. The van der Waals surface area contributed by atoms with Crippen molar-refractivity contribution in [3.8, 4) is 0 Å². The molecule has 6 rings (SSSR count). The van der Waals surface area contributed by atoms with Crippen LogP contribution in [0.4, 0.5) is 0 Å². The molecule has 0 spiro atoms. The minimum Gasteiger partial charge on any atom is -0.466 e. The summed E-state index contributed by atoms with van der Waals surface area (Å²) in [6.07, 6.45) is 4.74. The van der Waals surface area contributed by atoms with Gasteiger partial charge < -0.3 is 19.4 Å². The zero-order valence-electron chi connectivity index (χ0n) is 28.2. The molecule has 0 fully saturated rings. The van der Waals surface area contributed by atoms with Crippen LogP contribution < -0.4 is 0 Å². The highest BCUT2D eigenvalue weighted by Gasteiger charge is 2.49. The summed E-state index contributed by atoms with van der Waals surface area (Å²) in [5.74, 6) is -1.12. The maximum Gasteiger partial charge on any atom is 0.335 e. The summed E-state index contributed by atoms with van der Waals surface area (Å²) in [6, 6.07) is 8.41. The van der Waals surface area contributed by atoms with E-state index in [-0.39, 0.29) is 17.6 Å². The number of methoxy groups -OCH3 is 2. The molecular weight excluding hydrogens is 576 g/mol. The Balaban J connectivity index is 1.81. The largest absolute Gasteiger partial charge is 0.466 e. The molecular formula is C38H42N4O4. The standard InChI is InChI=1S/C38H42N4O4/c1-10-22-19(4)27-15-31-23(11-2)20(5)29(40-31)17-33-26-14-13-25(36(43)45-8)35(37(44)46-9)38(26,7)34(42-33)18-32-24(12-3)21(6)28(41-32)16-30(22)39-27/h14-18,40-41H,10-13H2,1-9H3. The molecule has 1 unspecified atom stereocenters. The Morgan fingerprint density at radius 3 is 1.89 bits per heavy atom. The Hall–Kier alpha value is -4.72. The molecule has 46 heavy (non-hydrogen) atoms. The summed E-state index contributed by atoms with van der Waals surface area (Å²) in [4.78, 5) is 44.4. The second kappa shape index (κ2) is 11.6. The molecule has 0 saturated carbocycles. The third-order valence-electron chi connectivity index (χ3n) is 10.2. The van der Waals surface area contributed by atoms with E-state index in [0.29, 0.717) is 5.69 Å². The van der Waals surface area contributed by atoms with E-state index in [0.717, 1.165) is 80.7 Å². The first kappa shape index (κ1) is 31.3. The Labute approximate surface area is 269 Å². The van der Waals surface area contributed by atoms with Crippen LogP contribution in [-0.4, -0.2) is 46.1 Å². The van der Waals surface area contributed by atoms with Gasteiger partial charge in [0.1, 0.15) is 0 Å². The molecule has 238 valence electrons. The lowest BCUT2D eigenvalue weighted by atomic mass is 9.68. The molecule has 8 bridgehead atoms. The number of hydrogen-bond acceptors (Lipinski definition) is 6. The molecule has 0 radical (unpaired) electrons. The molecule has 3 aliphatic rings. The fourth-order valence-electron chi connectivity index (χ4n) is 7.58. The van der Waals surface area contributed by atoms with Gasteiger partial charge in [0.15, 0.2) is 0 Å². The van der Waals surface area contributed by atoms with Crippen LogP contribution in [0.5, 0.6) is 0 Å². The van der Waals surface area contributed by atoms with E-state index in [1.165, 1.54) is 30.9 Å². The number of hydrogen-bond donors (Lipinski definition) is 2. The molecule has 1 atom stereocenters. The third kappa shape index (κ3) is 4.57. The Morgan fingerprint density at radius 1 is 0.761 bits per heavy atom. The number of nitrogens with zero attached hydrogens (tertiary/aromatic N) is 2. The van der Waals surface area contributed by atoms with Gasteiger partial charge in [-0.15, -0.1) is 0 Å². The second-order valence-electron chi connectivity index (χ2n) is 12.4. The zero-order chi connectivity index (χ0) is 33.1. The number of allylic oxidation sites excluding steroid dienone is 4. The van der Waals surface area contributed by atoms with E-state index in [9.17, 15) is 9.59 Å². The number of aryl methyl sites for hydroxylation is 4. The lowest BCUT2D eigenvalue weighted by Crippen LogP contribution is -2.34. The highest BCUT2D eigenvalue weighted by atomic mass is 16.5. The Kier molecular flexibility index (Phi) is 7.87. The molecule has 3 aromatic rings. The number of aromatic nitrogens is 4. The van der Waals surface area contributed by atoms with Crippen LogP contribution >= 0.6 is 0 Å². The summed E-state index contributed by atoms with van der Waals surface area (Å²) in [7, 11) is 2.67. The number of nitrogens with one attached hydrogen (secondary N) is 2. The SMILES string of the molecule is CCC1=C(C)c2cc3[nH]c(cc4nc(cc5[nH]c(cc1n2)c(C)c5CC)C1(C)C4=CCC(C(=O)OC)=C1C(=O)OC)c(C)c3CC. The van der Waals surface area contributed by atoms with Crippen molar-refractivity contribution in [3.05, 3.63) is 86.5 Å². The van der Waals surface area contributed by atoms with Crippen molar-refractivity contribution >= 4 is 50.7 Å². The summed E-state index contributed by atoms with van der Waals surface area (Å²) in [5.41, 5.74) is 14.6. The molecule has 1 aliphatic carbocycles. The summed E-state index contributed by atoms with van der Waals surface area (Å²) >= 11 is 0. The van der Waals surface area contributed by atoms with E-state index < -0.39 is 17.4 Å². The van der Waals surface area contributed by atoms with Gasteiger partial charge in [0.05, 0.1) is 53.6 Å². The molecule has 8 nitrogen and oxygen atoms in total. The second-order valence-corrected chi connectivity index (χ2v) is 12.4. The number of rotatable bonds is 5. The van der Waals surface area contributed by atoms with Crippen LogP contribution in [0.2, 0.25) is 0 Å². The van der Waals surface area contributed by atoms with Gasteiger partial charge in [0, 0.05) is 22.1 Å². The zero-order valence-corrected chi connectivity index (χ0v) is 28.2. The van der Waals surface area contributed by atoms with Gasteiger partial charge in [-0.1, -0.05) is 26.8 Å². The van der Waals surface area contributed by atoms with E-state index >= 15 is 0 Å². The van der Waals surface area contributed by atoms with Crippen molar-refractivity contribution in [1.29, 1.82) is 0 Å². The van der Waals surface area contributed by atoms with Crippen LogP contribution in [0.3, 0.4) is 0 Å². The highest BCUT2D eigenvalue weighted by molar-refractivity contribution is 6.07. The number of carbonyl (C=O) groups excluding carboxylic acids is 2. The van der Waals surface area contributed by atoms with Crippen LogP contribution in [0.1, 0.15) is 92.5 Å². The monoisotopic (exact) mass is 618 g/mol. The maximum absolute atomic E-state index is 13.6. The van der Waals surface area contributed by atoms with Gasteiger partial charge in [0.2, 0.25) is 0 Å². The molecule has 2 N–H and O–H groups in total. The van der Waals surface area contributed by atoms with Crippen molar-refractivity contribution in [1.82, 2.24) is 19.9 Å². The first-order valence-electron chi connectivity index (χ1n) is 16.1. The number of H-pyrrole nitrogens is 2.